The first kappa shape index (κ1) is 9.52. The van der Waals surface area contributed by atoms with Gasteiger partial charge < -0.3 is 0 Å². The second-order valence-corrected chi connectivity index (χ2v) is 16.9. The van der Waals surface area contributed by atoms with E-state index in [0.717, 1.165) is 11.1 Å². The lowest BCUT2D eigenvalue weighted by Crippen LogP contribution is -2.29. The summed E-state index contributed by atoms with van der Waals surface area (Å²) in [7, 11) is -1.56. The molecule has 0 radical (unpaired) electrons. The normalized spacial score (nSPS) is 40.9. The standard InChI is InChI=1S/C9H22Si2/c1-8-9(2)11(5,6)7-10(8,3)4/h8-9H,7H2,1-6H3/t8-,9?/m0/s1. The molecule has 0 aliphatic carbocycles. The molecule has 0 aromatic rings. The topological polar surface area (TPSA) is 0 Å². The highest BCUT2D eigenvalue weighted by Gasteiger charge is 2.49. The molecule has 0 aromatic carbocycles. The minimum Gasteiger partial charge on any atom is -0.0694 e. The maximum Gasteiger partial charge on any atom is 0.0475 e. The van der Waals surface area contributed by atoms with Crippen molar-refractivity contribution in [3.05, 3.63) is 0 Å². The lowest BCUT2D eigenvalue weighted by molar-refractivity contribution is 0.835. The molecule has 1 heterocycles. The van der Waals surface area contributed by atoms with Crippen LogP contribution in [-0.4, -0.2) is 16.1 Å². The van der Waals surface area contributed by atoms with Crippen molar-refractivity contribution in [3.8, 4) is 0 Å². The third-order valence-electron chi connectivity index (χ3n) is 4.13. The highest BCUT2D eigenvalue weighted by Crippen LogP contribution is 2.52. The van der Waals surface area contributed by atoms with Gasteiger partial charge in [-0.2, -0.15) is 0 Å². The molecular formula is C9H22Si2. The molecular weight excluding hydrogens is 164 g/mol. The first-order chi connectivity index (χ1) is 4.77. The van der Waals surface area contributed by atoms with Crippen LogP contribution in [0.2, 0.25) is 42.9 Å². The van der Waals surface area contributed by atoms with Gasteiger partial charge in [0.25, 0.3) is 0 Å². The van der Waals surface area contributed by atoms with E-state index in [-0.39, 0.29) is 0 Å². The minimum absolute atomic E-state index is 0.780. The van der Waals surface area contributed by atoms with Crippen molar-refractivity contribution >= 4 is 16.1 Å². The lowest BCUT2D eigenvalue weighted by Gasteiger charge is -2.24. The summed E-state index contributed by atoms with van der Waals surface area (Å²) >= 11 is 0. The van der Waals surface area contributed by atoms with Gasteiger partial charge in [0.05, 0.1) is 0 Å². The van der Waals surface area contributed by atoms with Crippen molar-refractivity contribution in [2.24, 2.45) is 0 Å². The van der Waals surface area contributed by atoms with E-state index < -0.39 is 16.1 Å². The maximum atomic E-state index is 2.58. The molecule has 1 aliphatic heterocycles. The molecule has 11 heavy (non-hydrogen) atoms. The Morgan fingerprint density at radius 3 is 1.18 bits per heavy atom. The summed E-state index contributed by atoms with van der Waals surface area (Å²) in [6.45, 7) is 15.3. The summed E-state index contributed by atoms with van der Waals surface area (Å²) < 4.78 is 0. The summed E-state index contributed by atoms with van der Waals surface area (Å²) in [5.74, 6) is 0. The van der Waals surface area contributed by atoms with E-state index in [1.807, 2.05) is 0 Å². The van der Waals surface area contributed by atoms with Crippen LogP contribution < -0.4 is 0 Å². The Hall–Kier alpha value is 0.434. The molecule has 0 saturated carbocycles. The molecule has 2 heteroatoms. The summed E-state index contributed by atoms with van der Waals surface area (Å²) in [6, 6.07) is 0. The highest BCUT2D eigenvalue weighted by molar-refractivity contribution is 7.01. The van der Waals surface area contributed by atoms with Crippen LogP contribution in [0.1, 0.15) is 13.8 Å². The fraction of sp³-hybridized carbons (Fsp3) is 1.00. The Bertz CT molecular complexity index is 143. The van der Waals surface area contributed by atoms with Gasteiger partial charge in [0, 0.05) is 16.1 Å². The van der Waals surface area contributed by atoms with Gasteiger partial charge in [-0.05, 0) is 11.1 Å². The van der Waals surface area contributed by atoms with Gasteiger partial charge in [0.15, 0.2) is 0 Å². The van der Waals surface area contributed by atoms with E-state index in [1.165, 1.54) is 0 Å². The molecule has 1 rings (SSSR count). The van der Waals surface area contributed by atoms with Crippen molar-refractivity contribution in [2.45, 2.75) is 56.8 Å². The Kier molecular flexibility index (Phi) is 2.13. The monoisotopic (exact) mass is 186 g/mol. The molecule has 0 bridgehead atoms. The van der Waals surface area contributed by atoms with Gasteiger partial charge >= 0.3 is 0 Å². The smallest absolute Gasteiger partial charge is 0.0475 e. The number of hydrogen-bond donors (Lipinski definition) is 0. The van der Waals surface area contributed by atoms with Gasteiger partial charge in [-0.3, -0.25) is 0 Å². The van der Waals surface area contributed by atoms with Crippen molar-refractivity contribution in [1.82, 2.24) is 0 Å². The molecule has 1 aliphatic rings. The molecule has 2 atom stereocenters. The van der Waals surface area contributed by atoms with Crippen LogP contribution in [0.5, 0.6) is 0 Å². The van der Waals surface area contributed by atoms with Gasteiger partial charge in [0.2, 0.25) is 0 Å². The second kappa shape index (κ2) is 2.46. The van der Waals surface area contributed by atoms with Crippen molar-refractivity contribution < 1.29 is 0 Å². The zero-order valence-electron chi connectivity index (χ0n) is 8.86. The van der Waals surface area contributed by atoms with Crippen LogP contribution in [0.4, 0.5) is 0 Å². The van der Waals surface area contributed by atoms with E-state index in [9.17, 15) is 0 Å². The number of hydrogen-bond acceptors (Lipinski definition) is 0. The predicted molar refractivity (Wildman–Crippen MR) is 58.6 cm³/mol. The largest absolute Gasteiger partial charge is 0.0694 e. The van der Waals surface area contributed by atoms with Crippen molar-refractivity contribution in [3.63, 3.8) is 0 Å². The second-order valence-electron chi connectivity index (χ2n) is 5.73. The average molecular weight is 186 g/mol. The molecule has 66 valence electrons. The Labute approximate surface area is 73.4 Å². The van der Waals surface area contributed by atoms with Crippen LogP contribution in [0, 0.1) is 0 Å². The van der Waals surface area contributed by atoms with Crippen molar-refractivity contribution in [2.75, 3.05) is 0 Å². The lowest BCUT2D eigenvalue weighted by atomic mass is 10.3. The fourth-order valence-corrected chi connectivity index (χ4v) is 20.2. The Morgan fingerprint density at radius 2 is 1.09 bits per heavy atom. The van der Waals surface area contributed by atoms with Crippen LogP contribution in [0.3, 0.4) is 0 Å². The van der Waals surface area contributed by atoms with E-state index in [4.69, 9.17) is 0 Å². The van der Waals surface area contributed by atoms with E-state index in [0.29, 0.717) is 0 Å². The van der Waals surface area contributed by atoms with Crippen LogP contribution in [0.25, 0.3) is 0 Å². The third-order valence-corrected chi connectivity index (χ3v) is 17.7. The zero-order chi connectivity index (χ0) is 8.86. The molecule has 0 spiro atoms. The van der Waals surface area contributed by atoms with Crippen molar-refractivity contribution in [1.29, 1.82) is 0 Å². The highest BCUT2D eigenvalue weighted by atomic mass is 28.4. The maximum absolute atomic E-state index is 2.58. The number of rotatable bonds is 0. The molecule has 0 aromatic heterocycles. The summed E-state index contributed by atoms with van der Waals surface area (Å²) in [6.07, 6.45) is 0. The molecule has 1 unspecified atom stereocenters. The summed E-state index contributed by atoms with van der Waals surface area (Å²) in [5, 5.41) is 0. The molecule has 0 amide bonds. The summed E-state index contributed by atoms with van der Waals surface area (Å²) in [4.78, 5) is 0. The molecule has 0 N–H and O–H groups in total. The summed E-state index contributed by atoms with van der Waals surface area (Å²) in [5.41, 5.74) is 3.80. The Balaban J connectivity index is 2.86. The van der Waals surface area contributed by atoms with E-state index in [2.05, 4.69) is 40.0 Å². The SMILES string of the molecule is CC1[C@H](C)[Si](C)(C)C[Si]1(C)C. The quantitative estimate of drug-likeness (QED) is 0.506. The predicted octanol–water partition coefficient (Wildman–Crippen LogP) is 3.74. The zero-order valence-corrected chi connectivity index (χ0v) is 10.9. The van der Waals surface area contributed by atoms with Crippen LogP contribution in [-0.2, 0) is 0 Å². The van der Waals surface area contributed by atoms with Crippen LogP contribution in [0.15, 0.2) is 0 Å². The molecule has 1 fully saturated rings. The Morgan fingerprint density at radius 1 is 0.818 bits per heavy atom. The fourth-order valence-electron chi connectivity index (χ4n) is 2.85. The van der Waals surface area contributed by atoms with Crippen LogP contribution >= 0.6 is 0 Å². The van der Waals surface area contributed by atoms with Gasteiger partial charge in [-0.1, -0.05) is 45.7 Å². The van der Waals surface area contributed by atoms with E-state index in [1.54, 1.807) is 5.67 Å². The molecule has 1 saturated heterocycles. The van der Waals surface area contributed by atoms with Gasteiger partial charge in [-0.15, -0.1) is 0 Å². The van der Waals surface area contributed by atoms with Gasteiger partial charge in [0.1, 0.15) is 0 Å². The molecule has 0 nitrogen and oxygen atoms in total. The van der Waals surface area contributed by atoms with E-state index >= 15 is 0 Å². The van der Waals surface area contributed by atoms with Gasteiger partial charge in [-0.25, -0.2) is 0 Å². The first-order valence-corrected chi connectivity index (χ1v) is 11.3. The minimum atomic E-state index is -0.780. The first-order valence-electron chi connectivity index (χ1n) is 4.77. The third kappa shape index (κ3) is 1.47. The average Bonchev–Trinajstić information content (AvgIpc) is 1.91.